The number of nitrogens with zero attached hydrogens (tertiary/aromatic N) is 1. The van der Waals surface area contributed by atoms with Crippen LogP contribution in [0, 0.1) is 6.92 Å². The van der Waals surface area contributed by atoms with E-state index in [1.54, 1.807) is 11.8 Å². The Morgan fingerprint density at radius 1 is 1.33 bits per heavy atom. The van der Waals surface area contributed by atoms with E-state index >= 15 is 0 Å². The number of likely N-dealkylation sites (N-methyl/N-ethyl adjacent to an activating group) is 1. The Bertz CT molecular complexity index is 407. The molecule has 0 aliphatic rings. The summed E-state index contributed by atoms with van der Waals surface area (Å²) < 4.78 is 0. The Morgan fingerprint density at radius 2 is 1.83 bits per heavy atom. The molecule has 3 heteroatoms. The maximum Gasteiger partial charge on any atom is 0.238 e. The van der Waals surface area contributed by atoms with Crippen molar-refractivity contribution in [3.63, 3.8) is 0 Å². The van der Waals surface area contributed by atoms with Crippen LogP contribution in [0.3, 0.4) is 0 Å². The average molecular weight is 248 g/mol. The summed E-state index contributed by atoms with van der Waals surface area (Å²) >= 11 is 0. The highest BCUT2D eigenvalue weighted by Gasteiger charge is 2.25. The average Bonchev–Trinajstić information content (AvgIpc) is 2.27. The maximum atomic E-state index is 11.8. The van der Waals surface area contributed by atoms with Crippen molar-refractivity contribution in [3.8, 4) is 0 Å². The molecule has 0 fully saturated rings. The van der Waals surface area contributed by atoms with Gasteiger partial charge in [0.2, 0.25) is 5.91 Å². The van der Waals surface area contributed by atoms with Gasteiger partial charge in [0, 0.05) is 19.0 Å². The predicted molar refractivity (Wildman–Crippen MR) is 75.5 cm³/mol. The van der Waals surface area contributed by atoms with Gasteiger partial charge < -0.3 is 10.6 Å². The molecule has 0 aliphatic heterocycles. The fraction of sp³-hybridized carbons (Fsp3) is 0.533. The van der Waals surface area contributed by atoms with Gasteiger partial charge in [-0.25, -0.2) is 0 Å². The summed E-state index contributed by atoms with van der Waals surface area (Å²) in [5.41, 5.74) is 8.03. The topological polar surface area (TPSA) is 46.3 Å². The molecule has 0 spiro atoms. The fourth-order valence-corrected chi connectivity index (χ4v) is 2.11. The third-order valence-corrected chi connectivity index (χ3v) is 3.23. The van der Waals surface area contributed by atoms with Crippen LogP contribution in [0.5, 0.6) is 0 Å². The second kappa shape index (κ2) is 5.53. The molecule has 2 N–H and O–H groups in total. The SMILES string of the molecule is Cc1ccc(C(C)(C)CN(C)C(=O)[C@H](C)N)cc1. The lowest BCUT2D eigenvalue weighted by molar-refractivity contribution is -0.131. The van der Waals surface area contributed by atoms with Crippen molar-refractivity contribution >= 4 is 5.91 Å². The van der Waals surface area contributed by atoms with Crippen LogP contribution in [0.1, 0.15) is 31.9 Å². The molecule has 1 aromatic carbocycles. The highest BCUT2D eigenvalue weighted by atomic mass is 16.2. The third-order valence-electron chi connectivity index (χ3n) is 3.23. The van der Waals surface area contributed by atoms with Gasteiger partial charge in [0.1, 0.15) is 0 Å². The number of benzene rings is 1. The number of carbonyl (C=O) groups is 1. The Balaban J connectivity index is 2.81. The van der Waals surface area contributed by atoms with E-state index in [1.165, 1.54) is 11.1 Å². The molecule has 100 valence electrons. The number of amides is 1. The van der Waals surface area contributed by atoms with Crippen LogP contribution < -0.4 is 5.73 Å². The fourth-order valence-electron chi connectivity index (χ4n) is 2.11. The first-order valence-corrected chi connectivity index (χ1v) is 6.32. The smallest absolute Gasteiger partial charge is 0.238 e. The minimum Gasteiger partial charge on any atom is -0.344 e. The van der Waals surface area contributed by atoms with Crippen molar-refractivity contribution in [1.82, 2.24) is 4.90 Å². The number of hydrogen-bond donors (Lipinski definition) is 1. The highest BCUT2D eigenvalue weighted by Crippen LogP contribution is 2.24. The minimum atomic E-state index is -0.441. The van der Waals surface area contributed by atoms with Crippen molar-refractivity contribution in [2.75, 3.05) is 13.6 Å². The van der Waals surface area contributed by atoms with Crippen LogP contribution in [0.25, 0.3) is 0 Å². The number of carbonyl (C=O) groups excluding carboxylic acids is 1. The first-order chi connectivity index (χ1) is 8.24. The largest absolute Gasteiger partial charge is 0.344 e. The summed E-state index contributed by atoms with van der Waals surface area (Å²) in [7, 11) is 1.81. The van der Waals surface area contributed by atoms with Crippen LogP contribution in [0.2, 0.25) is 0 Å². The van der Waals surface area contributed by atoms with Gasteiger partial charge in [-0.2, -0.15) is 0 Å². The molecule has 0 unspecified atom stereocenters. The van der Waals surface area contributed by atoms with Crippen molar-refractivity contribution in [3.05, 3.63) is 35.4 Å². The van der Waals surface area contributed by atoms with Gasteiger partial charge in [-0.05, 0) is 19.4 Å². The van der Waals surface area contributed by atoms with Gasteiger partial charge in [0.15, 0.2) is 0 Å². The molecule has 0 saturated carbocycles. The van der Waals surface area contributed by atoms with E-state index in [2.05, 4.69) is 45.0 Å². The van der Waals surface area contributed by atoms with Crippen molar-refractivity contribution < 1.29 is 4.79 Å². The summed E-state index contributed by atoms with van der Waals surface area (Å²) in [5.74, 6) is -0.0183. The monoisotopic (exact) mass is 248 g/mol. The number of aryl methyl sites for hydroxylation is 1. The molecule has 0 aromatic heterocycles. The maximum absolute atomic E-state index is 11.8. The molecular formula is C15H24N2O. The van der Waals surface area contributed by atoms with Crippen LogP contribution in [-0.4, -0.2) is 30.4 Å². The number of nitrogens with two attached hydrogens (primary N) is 1. The van der Waals surface area contributed by atoms with E-state index in [-0.39, 0.29) is 11.3 Å². The summed E-state index contributed by atoms with van der Waals surface area (Å²) in [6.45, 7) is 8.74. The van der Waals surface area contributed by atoms with Crippen molar-refractivity contribution in [1.29, 1.82) is 0 Å². The summed E-state index contributed by atoms with van der Waals surface area (Å²) in [6, 6.07) is 8.01. The molecule has 1 amide bonds. The van der Waals surface area contributed by atoms with Crippen molar-refractivity contribution in [2.45, 2.75) is 39.2 Å². The Morgan fingerprint density at radius 3 is 2.28 bits per heavy atom. The van der Waals surface area contributed by atoms with Crippen LogP contribution >= 0.6 is 0 Å². The lowest BCUT2D eigenvalue weighted by Crippen LogP contribution is -2.45. The molecule has 0 saturated heterocycles. The van der Waals surface area contributed by atoms with Gasteiger partial charge in [0.05, 0.1) is 6.04 Å². The van der Waals surface area contributed by atoms with Crippen molar-refractivity contribution in [2.24, 2.45) is 5.73 Å². The van der Waals surface area contributed by atoms with Gasteiger partial charge >= 0.3 is 0 Å². The molecule has 1 aromatic rings. The first kappa shape index (κ1) is 14.7. The number of hydrogen-bond acceptors (Lipinski definition) is 2. The summed E-state index contributed by atoms with van der Waals surface area (Å²) in [6.07, 6.45) is 0. The van der Waals surface area contributed by atoms with E-state index in [4.69, 9.17) is 5.73 Å². The van der Waals surface area contributed by atoms with Gasteiger partial charge in [-0.3, -0.25) is 4.79 Å². The Kier molecular flexibility index (Phi) is 4.52. The molecule has 0 bridgehead atoms. The Hall–Kier alpha value is -1.35. The normalized spacial score (nSPS) is 13.2. The van der Waals surface area contributed by atoms with E-state index in [0.717, 1.165) is 0 Å². The minimum absolute atomic E-state index is 0.0183. The quantitative estimate of drug-likeness (QED) is 0.886. The second-order valence-electron chi connectivity index (χ2n) is 5.73. The predicted octanol–water partition coefficient (Wildman–Crippen LogP) is 2.08. The standard InChI is InChI=1S/C15H24N2O/c1-11-6-8-13(9-7-11)15(3,4)10-17(5)14(18)12(2)16/h6-9,12H,10,16H2,1-5H3/t12-/m0/s1. The molecule has 1 rings (SSSR count). The molecule has 0 heterocycles. The van der Waals surface area contributed by atoms with Crippen LogP contribution in [0.15, 0.2) is 24.3 Å². The summed E-state index contributed by atoms with van der Waals surface area (Å²) in [5, 5.41) is 0. The highest BCUT2D eigenvalue weighted by molar-refractivity contribution is 5.81. The van der Waals surface area contributed by atoms with Crippen LogP contribution in [0.4, 0.5) is 0 Å². The summed E-state index contributed by atoms with van der Waals surface area (Å²) in [4.78, 5) is 13.5. The van der Waals surface area contributed by atoms with E-state index in [0.29, 0.717) is 6.54 Å². The molecule has 3 nitrogen and oxygen atoms in total. The molecule has 1 atom stereocenters. The van der Waals surface area contributed by atoms with Gasteiger partial charge in [-0.1, -0.05) is 43.7 Å². The van der Waals surface area contributed by atoms with Crippen LogP contribution in [-0.2, 0) is 10.2 Å². The zero-order valence-corrected chi connectivity index (χ0v) is 12.0. The van der Waals surface area contributed by atoms with E-state index < -0.39 is 6.04 Å². The van der Waals surface area contributed by atoms with E-state index in [1.807, 2.05) is 7.05 Å². The zero-order valence-electron chi connectivity index (χ0n) is 12.0. The first-order valence-electron chi connectivity index (χ1n) is 6.32. The molecule has 18 heavy (non-hydrogen) atoms. The lowest BCUT2D eigenvalue weighted by atomic mass is 9.83. The zero-order chi connectivity index (χ0) is 13.9. The Labute approximate surface area is 110 Å². The molecule has 0 aliphatic carbocycles. The molecular weight excluding hydrogens is 224 g/mol. The lowest BCUT2D eigenvalue weighted by Gasteiger charge is -2.31. The van der Waals surface area contributed by atoms with Gasteiger partial charge in [-0.15, -0.1) is 0 Å². The molecule has 0 radical (unpaired) electrons. The second-order valence-corrected chi connectivity index (χ2v) is 5.73. The third kappa shape index (κ3) is 3.57. The number of rotatable bonds is 4. The van der Waals surface area contributed by atoms with E-state index in [9.17, 15) is 4.79 Å². The van der Waals surface area contributed by atoms with Gasteiger partial charge in [0.25, 0.3) is 0 Å².